The molecule has 2 aromatic rings. The van der Waals surface area contributed by atoms with Crippen molar-refractivity contribution in [3.63, 3.8) is 0 Å². The molecule has 1 saturated carbocycles. The second kappa shape index (κ2) is 6.28. The highest BCUT2D eigenvalue weighted by atomic mass is 32.2. The number of hydrogen-bond donors (Lipinski definition) is 2. The molecule has 4 rings (SSSR count). The van der Waals surface area contributed by atoms with E-state index >= 15 is 0 Å². The standard InChI is InChI=1S/C19H20N2O3S/c22-18-11-8-15-12-16(9-10-17(15)20-18)25(23,24)21-19(14-6-7-14)13-4-2-1-3-5-13/h1-5,9-10,12,14,19,21H,6-8,11H2,(H,20,22). The van der Waals surface area contributed by atoms with E-state index in [1.54, 1.807) is 18.2 Å². The first-order chi connectivity index (χ1) is 12.0. The number of amides is 1. The fraction of sp³-hybridized carbons (Fsp3) is 0.316. The van der Waals surface area contributed by atoms with Gasteiger partial charge in [-0.2, -0.15) is 0 Å². The topological polar surface area (TPSA) is 75.3 Å². The van der Waals surface area contributed by atoms with Crippen molar-refractivity contribution in [2.24, 2.45) is 5.92 Å². The van der Waals surface area contributed by atoms with Gasteiger partial charge in [0.1, 0.15) is 0 Å². The highest BCUT2D eigenvalue weighted by molar-refractivity contribution is 7.89. The maximum Gasteiger partial charge on any atom is 0.241 e. The van der Waals surface area contributed by atoms with Crippen LogP contribution in [0.2, 0.25) is 0 Å². The van der Waals surface area contributed by atoms with E-state index in [1.165, 1.54) is 0 Å². The summed E-state index contributed by atoms with van der Waals surface area (Å²) in [6.45, 7) is 0. The normalized spacial score (nSPS) is 18.3. The fourth-order valence-corrected chi connectivity index (χ4v) is 4.63. The summed E-state index contributed by atoms with van der Waals surface area (Å²) < 4.78 is 28.7. The Labute approximate surface area is 147 Å². The summed E-state index contributed by atoms with van der Waals surface area (Å²) in [4.78, 5) is 11.7. The van der Waals surface area contributed by atoms with Gasteiger partial charge in [-0.3, -0.25) is 4.79 Å². The van der Waals surface area contributed by atoms with Crippen LogP contribution in [0.4, 0.5) is 5.69 Å². The predicted octanol–water partition coefficient (Wildman–Crippen LogP) is 3.00. The van der Waals surface area contributed by atoms with Crippen LogP contribution in [-0.4, -0.2) is 14.3 Å². The molecule has 0 aromatic heterocycles. The van der Waals surface area contributed by atoms with E-state index in [9.17, 15) is 13.2 Å². The molecule has 1 aliphatic carbocycles. The summed E-state index contributed by atoms with van der Waals surface area (Å²) in [5, 5.41) is 2.78. The molecule has 0 bridgehead atoms. The average molecular weight is 356 g/mol. The molecule has 0 saturated heterocycles. The van der Waals surface area contributed by atoms with Gasteiger partial charge in [0.25, 0.3) is 0 Å². The number of anilines is 1. The summed E-state index contributed by atoms with van der Waals surface area (Å²) in [6.07, 6.45) is 3.03. The largest absolute Gasteiger partial charge is 0.326 e. The van der Waals surface area contributed by atoms with E-state index in [0.29, 0.717) is 24.4 Å². The van der Waals surface area contributed by atoms with E-state index in [-0.39, 0.29) is 16.8 Å². The van der Waals surface area contributed by atoms with Crippen LogP contribution in [0.15, 0.2) is 53.4 Å². The van der Waals surface area contributed by atoms with Gasteiger partial charge in [0, 0.05) is 18.2 Å². The third-order valence-corrected chi connectivity index (χ3v) is 6.26. The number of carbonyl (C=O) groups excluding carboxylic acids is 1. The van der Waals surface area contributed by atoms with Gasteiger partial charge < -0.3 is 5.32 Å². The first-order valence-electron chi connectivity index (χ1n) is 8.53. The second-order valence-corrected chi connectivity index (χ2v) is 8.43. The van der Waals surface area contributed by atoms with Crippen LogP contribution in [0.3, 0.4) is 0 Å². The molecule has 0 radical (unpaired) electrons. The summed E-state index contributed by atoms with van der Waals surface area (Å²) in [6, 6.07) is 14.4. The molecule has 1 heterocycles. The minimum Gasteiger partial charge on any atom is -0.326 e. The van der Waals surface area contributed by atoms with Crippen molar-refractivity contribution in [2.45, 2.75) is 36.6 Å². The SMILES string of the molecule is O=C1CCc2cc(S(=O)(=O)NC(c3ccccc3)C3CC3)ccc2N1. The highest BCUT2D eigenvalue weighted by Gasteiger charge is 2.35. The van der Waals surface area contributed by atoms with Gasteiger partial charge in [-0.15, -0.1) is 0 Å². The second-order valence-electron chi connectivity index (χ2n) is 6.71. The van der Waals surface area contributed by atoms with Crippen LogP contribution in [0.1, 0.15) is 36.4 Å². The quantitative estimate of drug-likeness (QED) is 0.865. The van der Waals surface area contributed by atoms with E-state index < -0.39 is 10.0 Å². The number of carbonyl (C=O) groups is 1. The van der Waals surface area contributed by atoms with Gasteiger partial charge in [-0.25, -0.2) is 13.1 Å². The lowest BCUT2D eigenvalue weighted by Gasteiger charge is -2.21. The van der Waals surface area contributed by atoms with Crippen LogP contribution in [0, 0.1) is 5.92 Å². The molecule has 130 valence electrons. The smallest absolute Gasteiger partial charge is 0.241 e. The number of fused-ring (bicyclic) bond motifs is 1. The van der Waals surface area contributed by atoms with Crippen molar-refractivity contribution in [1.82, 2.24) is 4.72 Å². The summed E-state index contributed by atoms with van der Waals surface area (Å²) in [7, 11) is -3.62. The van der Waals surface area contributed by atoms with Gasteiger partial charge in [0.2, 0.25) is 15.9 Å². The molecule has 2 N–H and O–H groups in total. The molecule has 6 heteroatoms. The first kappa shape index (κ1) is 16.3. The number of hydrogen-bond acceptors (Lipinski definition) is 3. The molecule has 25 heavy (non-hydrogen) atoms. The predicted molar refractivity (Wildman–Crippen MR) is 95.6 cm³/mol. The van der Waals surface area contributed by atoms with Crippen molar-refractivity contribution >= 4 is 21.6 Å². The maximum atomic E-state index is 12.9. The molecule has 1 fully saturated rings. The lowest BCUT2D eigenvalue weighted by molar-refractivity contribution is -0.116. The number of benzene rings is 2. The van der Waals surface area contributed by atoms with Crippen molar-refractivity contribution in [2.75, 3.05) is 5.32 Å². The molecule has 2 aliphatic rings. The van der Waals surface area contributed by atoms with Crippen molar-refractivity contribution < 1.29 is 13.2 Å². The van der Waals surface area contributed by atoms with Crippen LogP contribution >= 0.6 is 0 Å². The summed E-state index contributed by atoms with van der Waals surface area (Å²) >= 11 is 0. The van der Waals surface area contributed by atoms with Crippen molar-refractivity contribution in [1.29, 1.82) is 0 Å². The number of aryl methyl sites for hydroxylation is 1. The van der Waals surface area contributed by atoms with Gasteiger partial charge in [0.05, 0.1) is 4.90 Å². The number of sulfonamides is 1. The van der Waals surface area contributed by atoms with Gasteiger partial charge in [0.15, 0.2) is 0 Å². The Morgan fingerprint density at radius 2 is 1.80 bits per heavy atom. The van der Waals surface area contributed by atoms with Crippen molar-refractivity contribution in [3.8, 4) is 0 Å². The summed E-state index contributed by atoms with van der Waals surface area (Å²) in [5.41, 5.74) is 2.57. The zero-order valence-corrected chi connectivity index (χ0v) is 14.6. The van der Waals surface area contributed by atoms with Crippen LogP contribution in [0.25, 0.3) is 0 Å². The van der Waals surface area contributed by atoms with Crippen LogP contribution < -0.4 is 10.0 Å². The molecule has 1 atom stereocenters. The Kier molecular flexibility index (Phi) is 4.09. The van der Waals surface area contributed by atoms with E-state index in [4.69, 9.17) is 0 Å². The molecule has 1 aliphatic heterocycles. The maximum absolute atomic E-state index is 12.9. The molecule has 5 nitrogen and oxygen atoms in total. The van der Waals surface area contributed by atoms with Crippen molar-refractivity contribution in [3.05, 3.63) is 59.7 Å². The van der Waals surface area contributed by atoms with E-state index in [1.807, 2.05) is 30.3 Å². The highest BCUT2D eigenvalue weighted by Crippen LogP contribution is 2.41. The van der Waals surface area contributed by atoms with Crippen LogP contribution in [0.5, 0.6) is 0 Å². The lowest BCUT2D eigenvalue weighted by Crippen LogP contribution is -2.30. The van der Waals surface area contributed by atoms with Crippen LogP contribution in [-0.2, 0) is 21.2 Å². The van der Waals surface area contributed by atoms with Gasteiger partial charge >= 0.3 is 0 Å². The van der Waals surface area contributed by atoms with Gasteiger partial charge in [-0.05, 0) is 54.5 Å². The molecule has 1 unspecified atom stereocenters. The fourth-order valence-electron chi connectivity index (χ4n) is 3.29. The third-order valence-electron chi connectivity index (χ3n) is 4.82. The Morgan fingerprint density at radius 1 is 1.04 bits per heavy atom. The molecule has 2 aromatic carbocycles. The Morgan fingerprint density at radius 3 is 2.52 bits per heavy atom. The number of nitrogens with one attached hydrogen (secondary N) is 2. The molecular formula is C19H20N2O3S. The first-order valence-corrected chi connectivity index (χ1v) is 10.0. The number of rotatable bonds is 5. The zero-order chi connectivity index (χ0) is 17.4. The Hall–Kier alpha value is -2.18. The molecule has 1 amide bonds. The van der Waals surface area contributed by atoms with E-state index in [0.717, 1.165) is 24.0 Å². The zero-order valence-electron chi connectivity index (χ0n) is 13.7. The lowest BCUT2D eigenvalue weighted by atomic mass is 10.0. The average Bonchev–Trinajstić information content (AvgIpc) is 3.45. The molecular weight excluding hydrogens is 336 g/mol. The minimum absolute atomic E-state index is 0.0286. The molecule has 0 spiro atoms. The summed E-state index contributed by atoms with van der Waals surface area (Å²) in [5.74, 6) is 0.327. The van der Waals surface area contributed by atoms with E-state index in [2.05, 4.69) is 10.0 Å². The van der Waals surface area contributed by atoms with Gasteiger partial charge in [-0.1, -0.05) is 30.3 Å². The monoisotopic (exact) mass is 356 g/mol. The Bertz CT molecular complexity index is 906. The Balaban J connectivity index is 1.62. The third kappa shape index (κ3) is 3.45. The minimum atomic E-state index is -3.62.